The molecule has 1 aliphatic rings. The number of hydrogen-bond donors (Lipinski definition) is 0. The third kappa shape index (κ3) is 2.78. The molecule has 0 aliphatic carbocycles. The van der Waals surface area contributed by atoms with Crippen LogP contribution >= 0.6 is 23.2 Å². The molecule has 0 aromatic carbocycles. The van der Waals surface area contributed by atoms with Crippen molar-refractivity contribution in [2.24, 2.45) is 0 Å². The highest BCUT2D eigenvalue weighted by atomic mass is 35.5. The molecule has 2 rings (SSSR count). The average Bonchev–Trinajstić information content (AvgIpc) is 2.32. The van der Waals surface area contributed by atoms with Crippen molar-refractivity contribution in [1.82, 2.24) is 15.2 Å². The monoisotopic (exact) mass is 276 g/mol. The van der Waals surface area contributed by atoms with Crippen molar-refractivity contribution in [2.75, 3.05) is 25.1 Å². The molecule has 1 atom stereocenters. The van der Waals surface area contributed by atoms with Gasteiger partial charge in [-0.3, -0.25) is 0 Å². The van der Waals surface area contributed by atoms with Gasteiger partial charge in [-0.15, -0.1) is 10.2 Å². The SMILES string of the molecule is COC1(C)CCCN(c2nc(Cl)nnc2Cl)C1. The van der Waals surface area contributed by atoms with Gasteiger partial charge in [-0.2, -0.15) is 4.98 Å². The summed E-state index contributed by atoms with van der Waals surface area (Å²) in [6.45, 7) is 3.66. The summed E-state index contributed by atoms with van der Waals surface area (Å²) in [7, 11) is 1.72. The Morgan fingerprint density at radius 1 is 1.35 bits per heavy atom. The van der Waals surface area contributed by atoms with Crippen LogP contribution in [-0.2, 0) is 4.74 Å². The molecular weight excluding hydrogens is 263 g/mol. The van der Waals surface area contributed by atoms with Crippen molar-refractivity contribution in [3.8, 4) is 0 Å². The maximum absolute atomic E-state index is 5.99. The first-order valence-electron chi connectivity index (χ1n) is 5.40. The molecule has 0 bridgehead atoms. The summed E-state index contributed by atoms with van der Waals surface area (Å²) in [6.07, 6.45) is 2.03. The van der Waals surface area contributed by atoms with Gasteiger partial charge >= 0.3 is 0 Å². The first-order chi connectivity index (χ1) is 8.04. The second kappa shape index (κ2) is 4.92. The van der Waals surface area contributed by atoms with E-state index in [1.165, 1.54) is 0 Å². The number of anilines is 1. The van der Waals surface area contributed by atoms with Gasteiger partial charge in [-0.25, -0.2) is 0 Å². The number of hydrogen-bond acceptors (Lipinski definition) is 5. The predicted octanol–water partition coefficient (Wildman–Crippen LogP) is 2.18. The Morgan fingerprint density at radius 3 is 2.82 bits per heavy atom. The number of rotatable bonds is 2. The third-order valence-corrected chi connectivity index (χ3v) is 3.46. The summed E-state index contributed by atoms with van der Waals surface area (Å²) in [6, 6.07) is 0. The van der Waals surface area contributed by atoms with E-state index in [-0.39, 0.29) is 16.0 Å². The van der Waals surface area contributed by atoms with Crippen LogP contribution in [-0.4, -0.2) is 41.0 Å². The Balaban J connectivity index is 2.24. The second-order valence-electron chi connectivity index (χ2n) is 4.37. The molecule has 1 aliphatic heterocycles. The summed E-state index contributed by atoms with van der Waals surface area (Å²) < 4.78 is 5.52. The topological polar surface area (TPSA) is 51.1 Å². The quantitative estimate of drug-likeness (QED) is 0.829. The molecule has 1 aromatic heterocycles. The van der Waals surface area contributed by atoms with Crippen LogP contribution in [0.25, 0.3) is 0 Å². The van der Waals surface area contributed by atoms with Crippen molar-refractivity contribution in [1.29, 1.82) is 0 Å². The van der Waals surface area contributed by atoms with E-state index in [0.717, 1.165) is 25.9 Å². The third-order valence-electron chi connectivity index (χ3n) is 3.05. The molecular formula is C10H14Cl2N4O. The van der Waals surface area contributed by atoms with Crippen LogP contribution in [0, 0.1) is 0 Å². The summed E-state index contributed by atoms with van der Waals surface area (Å²) in [5.41, 5.74) is -0.182. The second-order valence-corrected chi connectivity index (χ2v) is 5.07. The van der Waals surface area contributed by atoms with Crippen molar-refractivity contribution in [2.45, 2.75) is 25.4 Å². The number of piperidine rings is 1. The van der Waals surface area contributed by atoms with Gasteiger partial charge in [0.25, 0.3) is 0 Å². The smallest absolute Gasteiger partial charge is 0.245 e. The molecule has 2 heterocycles. The van der Waals surface area contributed by atoms with Crippen LogP contribution in [0.3, 0.4) is 0 Å². The molecule has 0 amide bonds. The maximum Gasteiger partial charge on any atom is 0.245 e. The highest BCUT2D eigenvalue weighted by Gasteiger charge is 2.32. The van der Waals surface area contributed by atoms with E-state index in [4.69, 9.17) is 27.9 Å². The average molecular weight is 277 g/mol. The van der Waals surface area contributed by atoms with Crippen LogP contribution in [0.15, 0.2) is 0 Å². The fourth-order valence-electron chi connectivity index (χ4n) is 2.04. The van der Waals surface area contributed by atoms with Gasteiger partial charge < -0.3 is 9.64 Å². The zero-order valence-corrected chi connectivity index (χ0v) is 11.3. The maximum atomic E-state index is 5.99. The van der Waals surface area contributed by atoms with E-state index in [2.05, 4.69) is 22.1 Å². The molecule has 94 valence electrons. The standard InChI is InChI=1S/C10H14Cl2N4O/c1-10(17-2)4-3-5-16(6-10)8-7(11)14-15-9(12)13-8/h3-6H2,1-2H3. The van der Waals surface area contributed by atoms with Crippen molar-refractivity contribution >= 4 is 29.0 Å². The Bertz CT molecular complexity index is 417. The number of halogens is 2. The lowest BCUT2D eigenvalue weighted by molar-refractivity contribution is -0.00482. The van der Waals surface area contributed by atoms with E-state index < -0.39 is 0 Å². The minimum absolute atomic E-state index is 0.106. The van der Waals surface area contributed by atoms with E-state index >= 15 is 0 Å². The van der Waals surface area contributed by atoms with E-state index in [0.29, 0.717) is 5.82 Å². The molecule has 1 aromatic rings. The Morgan fingerprint density at radius 2 is 2.12 bits per heavy atom. The summed E-state index contributed by atoms with van der Waals surface area (Å²) in [5.74, 6) is 0.578. The molecule has 5 nitrogen and oxygen atoms in total. The van der Waals surface area contributed by atoms with Crippen LogP contribution in [0.1, 0.15) is 19.8 Å². The lowest BCUT2D eigenvalue weighted by atomic mass is 9.95. The van der Waals surface area contributed by atoms with E-state index in [1.807, 2.05) is 4.90 Å². The molecule has 0 spiro atoms. The number of methoxy groups -OCH3 is 1. The first-order valence-corrected chi connectivity index (χ1v) is 6.15. The molecule has 17 heavy (non-hydrogen) atoms. The molecule has 1 unspecified atom stereocenters. The van der Waals surface area contributed by atoms with Gasteiger partial charge in [-0.05, 0) is 31.4 Å². The largest absolute Gasteiger partial charge is 0.377 e. The lowest BCUT2D eigenvalue weighted by Gasteiger charge is -2.39. The van der Waals surface area contributed by atoms with Gasteiger partial charge in [0.2, 0.25) is 5.28 Å². The molecule has 1 saturated heterocycles. The number of ether oxygens (including phenoxy) is 1. The highest BCUT2D eigenvalue weighted by Crippen LogP contribution is 2.30. The van der Waals surface area contributed by atoms with Crippen molar-refractivity contribution in [3.63, 3.8) is 0 Å². The van der Waals surface area contributed by atoms with Crippen LogP contribution in [0.5, 0.6) is 0 Å². The van der Waals surface area contributed by atoms with Crippen molar-refractivity contribution < 1.29 is 4.74 Å². The normalized spacial score (nSPS) is 25.1. The molecule has 0 saturated carbocycles. The minimum Gasteiger partial charge on any atom is -0.377 e. The van der Waals surface area contributed by atoms with Crippen LogP contribution in [0.2, 0.25) is 10.4 Å². The lowest BCUT2D eigenvalue weighted by Crippen LogP contribution is -2.48. The summed E-state index contributed by atoms with van der Waals surface area (Å²) >= 11 is 11.7. The highest BCUT2D eigenvalue weighted by molar-refractivity contribution is 6.32. The zero-order valence-electron chi connectivity index (χ0n) is 9.78. The van der Waals surface area contributed by atoms with E-state index in [9.17, 15) is 0 Å². The molecule has 0 N–H and O–H groups in total. The van der Waals surface area contributed by atoms with Crippen LogP contribution < -0.4 is 4.90 Å². The minimum atomic E-state index is -0.182. The predicted molar refractivity (Wildman–Crippen MR) is 66.7 cm³/mol. The van der Waals surface area contributed by atoms with Gasteiger partial charge in [0, 0.05) is 20.2 Å². The fraction of sp³-hybridized carbons (Fsp3) is 0.700. The summed E-state index contributed by atoms with van der Waals surface area (Å²) in [5, 5.41) is 7.75. The van der Waals surface area contributed by atoms with Gasteiger partial charge in [0.15, 0.2) is 11.0 Å². The Labute approximate surface area is 110 Å². The molecule has 1 fully saturated rings. The zero-order chi connectivity index (χ0) is 12.5. The Hall–Kier alpha value is -0.650. The van der Waals surface area contributed by atoms with Gasteiger partial charge in [0.1, 0.15) is 0 Å². The fourth-order valence-corrected chi connectivity index (χ4v) is 2.36. The van der Waals surface area contributed by atoms with Gasteiger partial charge in [0.05, 0.1) is 5.60 Å². The Kier molecular flexibility index (Phi) is 3.70. The molecule has 7 heteroatoms. The first kappa shape index (κ1) is 12.8. The summed E-state index contributed by atoms with van der Waals surface area (Å²) in [4.78, 5) is 6.16. The van der Waals surface area contributed by atoms with Gasteiger partial charge in [-0.1, -0.05) is 11.6 Å². The number of nitrogens with zero attached hydrogens (tertiary/aromatic N) is 4. The number of aromatic nitrogens is 3. The molecule has 0 radical (unpaired) electrons. The van der Waals surface area contributed by atoms with Crippen LogP contribution in [0.4, 0.5) is 5.82 Å². The van der Waals surface area contributed by atoms with E-state index in [1.54, 1.807) is 7.11 Å². The van der Waals surface area contributed by atoms with Crippen molar-refractivity contribution in [3.05, 3.63) is 10.4 Å².